The third-order valence-electron chi connectivity index (χ3n) is 5.10. The van der Waals surface area contributed by atoms with Crippen LogP contribution in [-0.2, 0) is 14.8 Å². The van der Waals surface area contributed by atoms with Gasteiger partial charge in [-0.2, -0.15) is 0 Å². The van der Waals surface area contributed by atoms with E-state index in [1.807, 2.05) is 13.8 Å². The predicted octanol–water partition coefficient (Wildman–Crippen LogP) is 3.34. The van der Waals surface area contributed by atoms with Crippen LogP contribution in [-0.4, -0.2) is 55.7 Å². The fraction of sp³-hybridized carbons (Fsp3) is 0.391. The average molecular weight is 460 g/mol. The minimum atomic E-state index is -3.46. The van der Waals surface area contributed by atoms with E-state index in [9.17, 15) is 18.0 Å². The fourth-order valence-electron chi connectivity index (χ4n) is 3.43. The molecule has 1 saturated heterocycles. The number of carbonyl (C=O) groups excluding carboxylic acids is 2. The number of anilines is 2. The average Bonchev–Trinajstić information content (AvgIpc) is 2.72. The third-order valence-corrected chi connectivity index (χ3v) is 6.86. The fourth-order valence-corrected chi connectivity index (χ4v) is 4.13. The van der Waals surface area contributed by atoms with Crippen molar-refractivity contribution in [3.05, 3.63) is 59.7 Å². The number of morpholine rings is 1. The molecule has 2 amide bonds. The largest absolute Gasteiger partial charge is 0.372 e. The van der Waals surface area contributed by atoms with Crippen LogP contribution in [0.15, 0.2) is 48.5 Å². The number of nitrogens with one attached hydrogen (secondary N) is 2. The highest BCUT2D eigenvalue weighted by Gasteiger charge is 2.26. The Balaban J connectivity index is 1.67. The standard InChI is InChI=1S/C23H29N3O5S/c1-15(2)32(29,30)25-20-10-8-18(9-11-20)22(27)24-21-7-5-6-19(12-21)23(28)26-13-16(3)31-17(4)14-26/h5-12,15-17,25H,13-14H2,1-4H3,(H,24,27)/t16-,17+. The van der Waals surface area contributed by atoms with Gasteiger partial charge in [0, 0.05) is 35.6 Å². The number of benzene rings is 2. The summed E-state index contributed by atoms with van der Waals surface area (Å²) in [5.74, 6) is -0.466. The van der Waals surface area contributed by atoms with Crippen LogP contribution in [0.1, 0.15) is 48.4 Å². The molecular weight excluding hydrogens is 430 g/mol. The van der Waals surface area contributed by atoms with Crippen LogP contribution in [0.5, 0.6) is 0 Å². The van der Waals surface area contributed by atoms with E-state index in [1.165, 1.54) is 12.1 Å². The van der Waals surface area contributed by atoms with Gasteiger partial charge in [-0.15, -0.1) is 0 Å². The monoisotopic (exact) mass is 459 g/mol. The molecule has 3 rings (SSSR count). The van der Waals surface area contributed by atoms with Gasteiger partial charge in [0.15, 0.2) is 0 Å². The van der Waals surface area contributed by atoms with Gasteiger partial charge in [0.2, 0.25) is 10.0 Å². The molecule has 0 bridgehead atoms. The molecular formula is C23H29N3O5S. The van der Waals surface area contributed by atoms with E-state index in [-0.39, 0.29) is 24.0 Å². The topological polar surface area (TPSA) is 105 Å². The molecule has 172 valence electrons. The molecule has 0 saturated carbocycles. The summed E-state index contributed by atoms with van der Waals surface area (Å²) in [7, 11) is -3.46. The second kappa shape index (κ2) is 9.70. The van der Waals surface area contributed by atoms with Crippen molar-refractivity contribution in [2.45, 2.75) is 45.2 Å². The summed E-state index contributed by atoms with van der Waals surface area (Å²) in [6.07, 6.45) is -0.0582. The Morgan fingerprint density at radius 2 is 1.59 bits per heavy atom. The molecule has 2 N–H and O–H groups in total. The summed E-state index contributed by atoms with van der Waals surface area (Å²) in [6.45, 7) is 8.09. The molecule has 1 aliphatic heterocycles. The zero-order chi connectivity index (χ0) is 23.5. The van der Waals surface area contributed by atoms with Gasteiger partial charge in [-0.1, -0.05) is 6.07 Å². The van der Waals surface area contributed by atoms with Crippen LogP contribution in [0.25, 0.3) is 0 Å². The smallest absolute Gasteiger partial charge is 0.255 e. The first kappa shape index (κ1) is 23.7. The SMILES string of the molecule is CC(C)S(=O)(=O)Nc1ccc(C(=O)Nc2cccc(C(=O)N3C[C@@H](C)O[C@@H](C)C3)c2)cc1. The van der Waals surface area contributed by atoms with Gasteiger partial charge in [0.05, 0.1) is 17.5 Å². The van der Waals surface area contributed by atoms with Crippen LogP contribution in [0.3, 0.4) is 0 Å². The molecule has 9 heteroatoms. The van der Waals surface area contributed by atoms with E-state index in [0.717, 1.165) is 0 Å². The molecule has 2 aromatic rings. The molecule has 0 spiro atoms. The van der Waals surface area contributed by atoms with Crippen LogP contribution in [0, 0.1) is 0 Å². The second-order valence-corrected chi connectivity index (χ2v) is 10.5. The van der Waals surface area contributed by atoms with E-state index in [1.54, 1.807) is 55.1 Å². The van der Waals surface area contributed by atoms with Gasteiger partial charge in [-0.3, -0.25) is 14.3 Å². The summed E-state index contributed by atoms with van der Waals surface area (Å²) in [6, 6.07) is 13.0. The van der Waals surface area contributed by atoms with Crippen molar-refractivity contribution in [2.75, 3.05) is 23.1 Å². The number of hydrogen-bond donors (Lipinski definition) is 2. The van der Waals surface area contributed by atoms with Crippen LogP contribution in [0.4, 0.5) is 11.4 Å². The highest BCUT2D eigenvalue weighted by molar-refractivity contribution is 7.93. The molecule has 1 aliphatic rings. The van der Waals surface area contributed by atoms with Gasteiger partial charge in [-0.25, -0.2) is 8.42 Å². The van der Waals surface area contributed by atoms with Crippen molar-refractivity contribution in [3.8, 4) is 0 Å². The van der Waals surface area contributed by atoms with E-state index < -0.39 is 15.3 Å². The lowest BCUT2D eigenvalue weighted by Gasteiger charge is -2.35. The highest BCUT2D eigenvalue weighted by Crippen LogP contribution is 2.19. The minimum Gasteiger partial charge on any atom is -0.372 e. The third kappa shape index (κ3) is 5.86. The molecule has 2 atom stereocenters. The maximum atomic E-state index is 12.9. The molecule has 32 heavy (non-hydrogen) atoms. The molecule has 0 unspecified atom stereocenters. The maximum Gasteiger partial charge on any atom is 0.255 e. The van der Waals surface area contributed by atoms with Crippen molar-refractivity contribution < 1.29 is 22.7 Å². The zero-order valence-corrected chi connectivity index (χ0v) is 19.5. The molecule has 2 aromatic carbocycles. The predicted molar refractivity (Wildman–Crippen MR) is 124 cm³/mol. The number of ether oxygens (including phenoxy) is 1. The van der Waals surface area contributed by atoms with E-state index in [0.29, 0.717) is 35.6 Å². The lowest BCUT2D eigenvalue weighted by atomic mass is 10.1. The Morgan fingerprint density at radius 3 is 2.19 bits per heavy atom. The summed E-state index contributed by atoms with van der Waals surface area (Å²) in [4.78, 5) is 27.3. The van der Waals surface area contributed by atoms with Crippen molar-refractivity contribution in [3.63, 3.8) is 0 Å². The number of sulfonamides is 1. The highest BCUT2D eigenvalue weighted by atomic mass is 32.2. The van der Waals surface area contributed by atoms with Crippen molar-refractivity contribution in [1.82, 2.24) is 4.90 Å². The number of carbonyl (C=O) groups is 2. The van der Waals surface area contributed by atoms with Crippen molar-refractivity contribution in [2.24, 2.45) is 0 Å². The molecule has 1 heterocycles. The first-order chi connectivity index (χ1) is 15.0. The van der Waals surface area contributed by atoms with E-state index >= 15 is 0 Å². The molecule has 0 radical (unpaired) electrons. The Kier molecular flexibility index (Phi) is 7.20. The minimum absolute atomic E-state index is 0.0291. The van der Waals surface area contributed by atoms with Crippen molar-refractivity contribution >= 4 is 33.2 Å². The van der Waals surface area contributed by atoms with Crippen molar-refractivity contribution in [1.29, 1.82) is 0 Å². The number of hydrogen-bond acceptors (Lipinski definition) is 5. The first-order valence-corrected chi connectivity index (χ1v) is 12.1. The number of amides is 2. The zero-order valence-electron chi connectivity index (χ0n) is 18.7. The summed E-state index contributed by atoms with van der Waals surface area (Å²) >= 11 is 0. The van der Waals surface area contributed by atoms with Crippen LogP contribution >= 0.6 is 0 Å². The number of rotatable bonds is 6. The summed E-state index contributed by atoms with van der Waals surface area (Å²) in [5.41, 5.74) is 1.74. The first-order valence-electron chi connectivity index (χ1n) is 10.5. The molecule has 1 fully saturated rings. The Bertz CT molecular complexity index is 1070. The second-order valence-electron chi connectivity index (χ2n) is 8.28. The summed E-state index contributed by atoms with van der Waals surface area (Å²) < 4.78 is 32.1. The lowest BCUT2D eigenvalue weighted by molar-refractivity contribution is -0.0586. The normalized spacial score (nSPS) is 19.0. The van der Waals surface area contributed by atoms with E-state index in [2.05, 4.69) is 10.0 Å². The maximum absolute atomic E-state index is 12.9. The molecule has 8 nitrogen and oxygen atoms in total. The number of nitrogens with zero attached hydrogens (tertiary/aromatic N) is 1. The van der Waals surface area contributed by atoms with Gasteiger partial charge in [0.1, 0.15) is 0 Å². The summed E-state index contributed by atoms with van der Waals surface area (Å²) in [5, 5.41) is 2.22. The van der Waals surface area contributed by atoms with Gasteiger partial charge in [-0.05, 0) is 70.2 Å². The molecule has 0 aliphatic carbocycles. The van der Waals surface area contributed by atoms with Gasteiger partial charge >= 0.3 is 0 Å². The van der Waals surface area contributed by atoms with E-state index in [4.69, 9.17) is 4.74 Å². The van der Waals surface area contributed by atoms with Gasteiger partial charge < -0.3 is 15.0 Å². The Labute approximate surface area is 189 Å². The molecule has 0 aromatic heterocycles. The van der Waals surface area contributed by atoms with Crippen LogP contribution in [0.2, 0.25) is 0 Å². The van der Waals surface area contributed by atoms with Gasteiger partial charge in [0.25, 0.3) is 11.8 Å². The van der Waals surface area contributed by atoms with Crippen LogP contribution < -0.4 is 10.0 Å². The quantitative estimate of drug-likeness (QED) is 0.689. The Hall–Kier alpha value is -2.91. The Morgan fingerprint density at radius 1 is 0.969 bits per heavy atom. The lowest BCUT2D eigenvalue weighted by Crippen LogP contribution is -2.48.